The summed E-state index contributed by atoms with van der Waals surface area (Å²) in [6.45, 7) is 0.795. The van der Waals surface area contributed by atoms with Crippen molar-refractivity contribution in [3.05, 3.63) is 95.3 Å². The third kappa shape index (κ3) is 5.10. The summed E-state index contributed by atoms with van der Waals surface area (Å²) in [5, 5.41) is 0. The van der Waals surface area contributed by atoms with Gasteiger partial charge in [0.1, 0.15) is 23.9 Å². The van der Waals surface area contributed by atoms with Gasteiger partial charge in [-0.15, -0.1) is 0 Å². The van der Waals surface area contributed by atoms with Gasteiger partial charge >= 0.3 is 0 Å². The van der Waals surface area contributed by atoms with Crippen molar-refractivity contribution in [3.8, 4) is 11.5 Å². The highest BCUT2D eigenvalue weighted by atomic mass is 19.1. The van der Waals surface area contributed by atoms with Crippen LogP contribution in [-0.4, -0.2) is 25.0 Å². The second kappa shape index (κ2) is 9.04. The molecule has 0 heterocycles. The molecule has 0 N–H and O–H groups in total. The van der Waals surface area contributed by atoms with Crippen LogP contribution in [0.2, 0.25) is 0 Å². The number of carbonyl (C=O) groups is 1. The number of halogens is 1. The van der Waals surface area contributed by atoms with Crippen LogP contribution in [0.1, 0.15) is 21.5 Å². The molecular weight excluding hydrogens is 357 g/mol. The molecule has 144 valence electrons. The second-order valence-electron chi connectivity index (χ2n) is 6.45. The maximum absolute atomic E-state index is 13.0. The minimum Gasteiger partial charge on any atom is -0.497 e. The molecule has 28 heavy (non-hydrogen) atoms. The minimum absolute atomic E-state index is 0.0944. The average molecular weight is 379 g/mol. The smallest absolute Gasteiger partial charge is 0.254 e. The van der Waals surface area contributed by atoms with E-state index in [1.165, 1.54) is 12.1 Å². The van der Waals surface area contributed by atoms with Crippen molar-refractivity contribution in [3.63, 3.8) is 0 Å². The molecule has 5 heteroatoms. The van der Waals surface area contributed by atoms with E-state index in [4.69, 9.17) is 9.47 Å². The van der Waals surface area contributed by atoms with E-state index in [0.29, 0.717) is 24.5 Å². The van der Waals surface area contributed by atoms with E-state index in [0.717, 1.165) is 16.9 Å². The van der Waals surface area contributed by atoms with Gasteiger partial charge < -0.3 is 14.4 Å². The lowest BCUT2D eigenvalue weighted by molar-refractivity contribution is 0.0784. The van der Waals surface area contributed by atoms with Gasteiger partial charge in [0.05, 0.1) is 7.11 Å². The summed E-state index contributed by atoms with van der Waals surface area (Å²) >= 11 is 0. The number of hydrogen-bond donors (Lipinski definition) is 0. The molecule has 0 aliphatic carbocycles. The molecule has 0 bridgehead atoms. The highest BCUT2D eigenvalue weighted by Gasteiger charge is 2.13. The Hall–Kier alpha value is -3.34. The van der Waals surface area contributed by atoms with Crippen LogP contribution < -0.4 is 9.47 Å². The normalized spacial score (nSPS) is 10.4. The van der Waals surface area contributed by atoms with Crippen LogP contribution in [0, 0.1) is 5.82 Å². The van der Waals surface area contributed by atoms with E-state index in [-0.39, 0.29) is 11.7 Å². The summed E-state index contributed by atoms with van der Waals surface area (Å²) in [5.41, 5.74) is 2.42. The molecule has 3 aromatic carbocycles. The number of rotatable bonds is 7. The van der Waals surface area contributed by atoms with Crippen LogP contribution >= 0.6 is 0 Å². The lowest BCUT2D eigenvalue weighted by Crippen LogP contribution is -2.26. The summed E-state index contributed by atoms with van der Waals surface area (Å²) in [6.07, 6.45) is 0. The van der Waals surface area contributed by atoms with Gasteiger partial charge in [0, 0.05) is 19.2 Å². The summed E-state index contributed by atoms with van der Waals surface area (Å²) in [4.78, 5) is 14.4. The van der Waals surface area contributed by atoms with Crippen molar-refractivity contribution >= 4 is 5.91 Å². The van der Waals surface area contributed by atoms with E-state index in [1.807, 2.05) is 24.3 Å². The van der Waals surface area contributed by atoms with E-state index in [9.17, 15) is 9.18 Å². The van der Waals surface area contributed by atoms with Crippen LogP contribution in [0.25, 0.3) is 0 Å². The molecule has 0 aliphatic rings. The van der Waals surface area contributed by atoms with Crippen LogP contribution in [0.3, 0.4) is 0 Å². The lowest BCUT2D eigenvalue weighted by atomic mass is 10.1. The Labute approximate surface area is 164 Å². The van der Waals surface area contributed by atoms with Gasteiger partial charge in [-0.3, -0.25) is 4.79 Å². The predicted octanol–water partition coefficient (Wildman–Crippen LogP) is 4.69. The van der Waals surface area contributed by atoms with Gasteiger partial charge in [-0.05, 0) is 53.6 Å². The zero-order valence-corrected chi connectivity index (χ0v) is 15.9. The van der Waals surface area contributed by atoms with Gasteiger partial charge in [-0.25, -0.2) is 4.39 Å². The molecule has 0 spiro atoms. The third-order valence-electron chi connectivity index (χ3n) is 4.33. The Morgan fingerprint density at radius 2 is 1.61 bits per heavy atom. The Morgan fingerprint density at radius 1 is 0.929 bits per heavy atom. The van der Waals surface area contributed by atoms with E-state index in [2.05, 4.69) is 0 Å². The number of hydrogen-bond acceptors (Lipinski definition) is 3. The van der Waals surface area contributed by atoms with Crippen LogP contribution in [-0.2, 0) is 13.2 Å². The Morgan fingerprint density at radius 3 is 2.29 bits per heavy atom. The maximum Gasteiger partial charge on any atom is 0.254 e. The van der Waals surface area contributed by atoms with E-state index < -0.39 is 0 Å². The van der Waals surface area contributed by atoms with Gasteiger partial charge in [-0.2, -0.15) is 0 Å². The third-order valence-corrected chi connectivity index (χ3v) is 4.33. The number of carbonyl (C=O) groups excluding carboxylic acids is 1. The molecule has 0 aliphatic heterocycles. The van der Waals surface area contributed by atoms with E-state index >= 15 is 0 Å². The number of nitrogens with zero attached hydrogens (tertiary/aromatic N) is 1. The minimum atomic E-state index is -0.281. The zero-order chi connectivity index (χ0) is 19.9. The van der Waals surface area contributed by atoms with Crippen LogP contribution in [0.4, 0.5) is 4.39 Å². The molecular formula is C23H22FNO3. The molecule has 0 saturated carbocycles. The van der Waals surface area contributed by atoms with Crippen molar-refractivity contribution in [1.29, 1.82) is 0 Å². The number of benzene rings is 3. The molecule has 0 saturated heterocycles. The molecule has 0 atom stereocenters. The first-order valence-corrected chi connectivity index (χ1v) is 8.91. The van der Waals surface area contributed by atoms with Gasteiger partial charge in [0.25, 0.3) is 5.91 Å². The van der Waals surface area contributed by atoms with Crippen LogP contribution in [0.5, 0.6) is 11.5 Å². The average Bonchev–Trinajstić information content (AvgIpc) is 2.73. The van der Waals surface area contributed by atoms with Crippen molar-refractivity contribution < 1.29 is 18.7 Å². The monoisotopic (exact) mass is 379 g/mol. The highest BCUT2D eigenvalue weighted by molar-refractivity contribution is 5.94. The van der Waals surface area contributed by atoms with Crippen molar-refractivity contribution in [1.82, 2.24) is 4.90 Å². The Kier molecular flexibility index (Phi) is 6.27. The predicted molar refractivity (Wildman–Crippen MR) is 106 cm³/mol. The number of amides is 1. The first-order valence-electron chi connectivity index (χ1n) is 8.91. The summed E-state index contributed by atoms with van der Waals surface area (Å²) in [5.74, 6) is 0.996. The van der Waals surface area contributed by atoms with Gasteiger partial charge in [-0.1, -0.05) is 30.3 Å². The molecule has 3 aromatic rings. The summed E-state index contributed by atoms with van der Waals surface area (Å²) in [6, 6.07) is 20.8. The Bertz CT molecular complexity index is 923. The SMILES string of the molecule is COc1ccc(CN(C)C(=O)c2cccc(OCc3ccc(F)cc3)c2)cc1. The summed E-state index contributed by atoms with van der Waals surface area (Å²) < 4.78 is 23.9. The molecule has 0 unspecified atom stereocenters. The molecule has 4 nitrogen and oxygen atoms in total. The Balaban J connectivity index is 1.62. The van der Waals surface area contributed by atoms with Crippen molar-refractivity contribution in [2.45, 2.75) is 13.2 Å². The highest BCUT2D eigenvalue weighted by Crippen LogP contribution is 2.18. The zero-order valence-electron chi connectivity index (χ0n) is 15.9. The van der Waals surface area contributed by atoms with Crippen molar-refractivity contribution in [2.24, 2.45) is 0 Å². The number of methoxy groups -OCH3 is 1. The lowest BCUT2D eigenvalue weighted by Gasteiger charge is -2.18. The van der Waals surface area contributed by atoms with Gasteiger partial charge in [0.15, 0.2) is 0 Å². The maximum atomic E-state index is 13.0. The summed E-state index contributed by atoms with van der Waals surface area (Å²) in [7, 11) is 3.38. The largest absolute Gasteiger partial charge is 0.497 e. The molecule has 3 rings (SSSR count). The molecule has 0 aromatic heterocycles. The van der Waals surface area contributed by atoms with Crippen LogP contribution in [0.15, 0.2) is 72.8 Å². The van der Waals surface area contributed by atoms with Crippen molar-refractivity contribution in [2.75, 3.05) is 14.2 Å². The molecule has 0 fully saturated rings. The van der Waals surface area contributed by atoms with Gasteiger partial charge in [0.2, 0.25) is 0 Å². The first kappa shape index (κ1) is 19.4. The fourth-order valence-corrected chi connectivity index (χ4v) is 2.76. The van der Waals surface area contributed by atoms with E-state index in [1.54, 1.807) is 55.5 Å². The number of ether oxygens (including phenoxy) is 2. The standard InChI is InChI=1S/C23H22FNO3/c1-25(15-17-8-12-21(27-2)13-9-17)23(26)19-4-3-5-22(14-19)28-16-18-6-10-20(24)11-7-18/h3-14H,15-16H2,1-2H3. The first-order chi connectivity index (χ1) is 13.5. The quantitative estimate of drug-likeness (QED) is 0.598. The molecule has 1 amide bonds. The molecule has 0 radical (unpaired) electrons. The second-order valence-corrected chi connectivity index (χ2v) is 6.45. The fourth-order valence-electron chi connectivity index (χ4n) is 2.76. The fraction of sp³-hybridized carbons (Fsp3) is 0.174. The topological polar surface area (TPSA) is 38.8 Å².